The number of anilines is 2. The van der Waals surface area contributed by atoms with E-state index >= 15 is 0 Å². The Morgan fingerprint density at radius 3 is 2.70 bits per heavy atom. The van der Waals surface area contributed by atoms with Crippen LogP contribution in [0.25, 0.3) is 11.4 Å². The van der Waals surface area contributed by atoms with Crippen molar-refractivity contribution >= 4 is 11.5 Å². The molecule has 0 amide bonds. The maximum Gasteiger partial charge on any atom is 0.151 e. The first-order valence-corrected chi connectivity index (χ1v) is 5.93. The predicted molar refractivity (Wildman–Crippen MR) is 72.7 cm³/mol. The molecule has 0 aliphatic rings. The molecule has 3 aromatic heterocycles. The minimum Gasteiger partial charge on any atom is -0.340 e. The fraction of sp³-hybridized carbons (Fsp3) is 0. The molecule has 0 saturated heterocycles. The molecular formula is C14H10FN5. The van der Waals surface area contributed by atoms with Gasteiger partial charge < -0.3 is 5.32 Å². The molecule has 0 aliphatic heterocycles. The van der Waals surface area contributed by atoms with E-state index in [1.165, 1.54) is 18.6 Å². The van der Waals surface area contributed by atoms with Gasteiger partial charge in [-0.2, -0.15) is 0 Å². The molecule has 6 heteroatoms. The van der Waals surface area contributed by atoms with Crippen LogP contribution in [0.1, 0.15) is 0 Å². The van der Waals surface area contributed by atoms with Gasteiger partial charge in [0, 0.05) is 24.3 Å². The van der Waals surface area contributed by atoms with Crippen LogP contribution in [0.4, 0.5) is 15.9 Å². The second kappa shape index (κ2) is 5.40. The van der Waals surface area contributed by atoms with Crippen molar-refractivity contribution in [2.24, 2.45) is 0 Å². The Morgan fingerprint density at radius 1 is 0.950 bits per heavy atom. The van der Waals surface area contributed by atoms with Crippen LogP contribution >= 0.6 is 0 Å². The van der Waals surface area contributed by atoms with Crippen LogP contribution in [0.5, 0.6) is 0 Å². The van der Waals surface area contributed by atoms with Crippen molar-refractivity contribution in [3.05, 3.63) is 61.1 Å². The van der Waals surface area contributed by atoms with Crippen LogP contribution < -0.4 is 5.32 Å². The van der Waals surface area contributed by atoms with Gasteiger partial charge in [-0.15, -0.1) is 0 Å². The number of hydrogen-bond acceptors (Lipinski definition) is 5. The Bertz CT molecular complexity index is 718. The van der Waals surface area contributed by atoms with Crippen LogP contribution in [0.3, 0.4) is 0 Å². The Morgan fingerprint density at radius 2 is 1.90 bits per heavy atom. The second-order valence-electron chi connectivity index (χ2n) is 3.98. The van der Waals surface area contributed by atoms with Crippen molar-refractivity contribution in [3.8, 4) is 11.4 Å². The molecule has 3 rings (SSSR count). The summed E-state index contributed by atoms with van der Waals surface area (Å²) in [5, 5.41) is 3.09. The van der Waals surface area contributed by atoms with Crippen LogP contribution in [0.15, 0.2) is 55.2 Å². The van der Waals surface area contributed by atoms with Crippen molar-refractivity contribution in [1.29, 1.82) is 0 Å². The molecule has 0 spiro atoms. The minimum atomic E-state index is -0.404. The third-order valence-corrected chi connectivity index (χ3v) is 2.62. The predicted octanol–water partition coefficient (Wildman–Crippen LogP) is 2.82. The fourth-order valence-corrected chi connectivity index (χ4v) is 1.72. The Balaban J connectivity index is 1.92. The number of aromatic nitrogens is 4. The molecule has 20 heavy (non-hydrogen) atoms. The van der Waals surface area contributed by atoms with Gasteiger partial charge >= 0.3 is 0 Å². The highest BCUT2D eigenvalue weighted by Gasteiger charge is 2.08. The lowest BCUT2D eigenvalue weighted by molar-refractivity contribution is 0.625. The Kier molecular flexibility index (Phi) is 3.28. The van der Waals surface area contributed by atoms with E-state index in [0.717, 1.165) is 5.69 Å². The summed E-state index contributed by atoms with van der Waals surface area (Å²) in [5.41, 5.74) is 1.43. The highest BCUT2D eigenvalue weighted by molar-refractivity contribution is 5.64. The molecule has 3 aromatic rings. The molecule has 0 fully saturated rings. The lowest BCUT2D eigenvalue weighted by Gasteiger charge is -2.07. The molecule has 0 atom stereocenters. The van der Waals surface area contributed by atoms with Gasteiger partial charge in [0.15, 0.2) is 5.82 Å². The SMILES string of the molecule is Fc1cccnc1-c1cc(Nc2ccncn2)ccn1. The number of pyridine rings is 2. The first-order valence-electron chi connectivity index (χ1n) is 5.93. The molecular weight excluding hydrogens is 257 g/mol. The lowest BCUT2D eigenvalue weighted by atomic mass is 10.2. The van der Waals surface area contributed by atoms with E-state index in [0.29, 0.717) is 11.5 Å². The molecule has 0 radical (unpaired) electrons. The van der Waals surface area contributed by atoms with Crippen molar-refractivity contribution in [1.82, 2.24) is 19.9 Å². The highest BCUT2D eigenvalue weighted by atomic mass is 19.1. The summed E-state index contributed by atoms with van der Waals surface area (Å²) in [7, 11) is 0. The van der Waals surface area contributed by atoms with Gasteiger partial charge in [-0.3, -0.25) is 9.97 Å². The van der Waals surface area contributed by atoms with Gasteiger partial charge in [-0.25, -0.2) is 14.4 Å². The molecule has 0 unspecified atom stereocenters. The minimum absolute atomic E-state index is 0.221. The van der Waals surface area contributed by atoms with E-state index in [1.807, 2.05) is 0 Å². The second-order valence-corrected chi connectivity index (χ2v) is 3.98. The van der Waals surface area contributed by atoms with E-state index in [-0.39, 0.29) is 5.69 Å². The summed E-state index contributed by atoms with van der Waals surface area (Å²) in [6, 6.07) is 8.12. The quantitative estimate of drug-likeness (QED) is 0.790. The topological polar surface area (TPSA) is 63.6 Å². The molecule has 0 saturated carbocycles. The van der Waals surface area contributed by atoms with E-state index < -0.39 is 5.82 Å². The summed E-state index contributed by atoms with van der Waals surface area (Å²) >= 11 is 0. The number of halogens is 1. The van der Waals surface area contributed by atoms with Gasteiger partial charge in [0.05, 0.1) is 5.69 Å². The van der Waals surface area contributed by atoms with Gasteiger partial charge in [0.2, 0.25) is 0 Å². The van der Waals surface area contributed by atoms with Crippen LogP contribution in [0, 0.1) is 5.82 Å². The monoisotopic (exact) mass is 267 g/mol. The van der Waals surface area contributed by atoms with E-state index in [4.69, 9.17) is 0 Å². The van der Waals surface area contributed by atoms with Gasteiger partial charge in [0.25, 0.3) is 0 Å². The fourth-order valence-electron chi connectivity index (χ4n) is 1.72. The zero-order valence-electron chi connectivity index (χ0n) is 10.4. The van der Waals surface area contributed by atoms with Crippen LogP contribution in [0.2, 0.25) is 0 Å². The summed E-state index contributed by atoms with van der Waals surface area (Å²) in [4.78, 5) is 16.0. The third-order valence-electron chi connectivity index (χ3n) is 2.62. The number of rotatable bonds is 3. The molecule has 5 nitrogen and oxygen atoms in total. The summed E-state index contributed by atoms with van der Waals surface area (Å²) in [6.07, 6.45) is 6.20. The average molecular weight is 267 g/mol. The molecule has 0 aromatic carbocycles. The maximum absolute atomic E-state index is 13.7. The Hall–Kier alpha value is -2.89. The zero-order chi connectivity index (χ0) is 13.8. The number of nitrogens with zero attached hydrogens (tertiary/aromatic N) is 4. The molecule has 0 aliphatic carbocycles. The van der Waals surface area contributed by atoms with Crippen LogP contribution in [-0.2, 0) is 0 Å². The average Bonchev–Trinajstić information content (AvgIpc) is 2.49. The first kappa shape index (κ1) is 12.2. The lowest BCUT2D eigenvalue weighted by Crippen LogP contribution is -1.96. The number of hydrogen-bond donors (Lipinski definition) is 1. The van der Waals surface area contributed by atoms with E-state index in [1.54, 1.807) is 36.7 Å². The maximum atomic E-state index is 13.7. The summed E-state index contributed by atoms with van der Waals surface area (Å²) in [6.45, 7) is 0. The third kappa shape index (κ3) is 2.59. The first-order chi connectivity index (χ1) is 9.83. The van der Waals surface area contributed by atoms with Crippen molar-refractivity contribution in [3.63, 3.8) is 0 Å². The van der Waals surface area contributed by atoms with Gasteiger partial charge in [-0.05, 0) is 30.3 Å². The molecule has 1 N–H and O–H groups in total. The van der Waals surface area contributed by atoms with Crippen molar-refractivity contribution in [2.45, 2.75) is 0 Å². The normalized spacial score (nSPS) is 10.2. The molecule has 98 valence electrons. The van der Waals surface area contributed by atoms with Crippen LogP contribution in [-0.4, -0.2) is 19.9 Å². The van der Waals surface area contributed by atoms with E-state index in [9.17, 15) is 4.39 Å². The van der Waals surface area contributed by atoms with Gasteiger partial charge in [-0.1, -0.05) is 0 Å². The number of nitrogens with one attached hydrogen (secondary N) is 1. The standard InChI is InChI=1S/C14H10FN5/c15-11-2-1-5-18-14(11)12-8-10(3-7-17-12)20-13-4-6-16-9-19-13/h1-9H,(H,16,17,19,20). The molecule has 3 heterocycles. The smallest absolute Gasteiger partial charge is 0.151 e. The van der Waals surface area contributed by atoms with Crippen molar-refractivity contribution < 1.29 is 4.39 Å². The largest absolute Gasteiger partial charge is 0.340 e. The highest BCUT2D eigenvalue weighted by Crippen LogP contribution is 2.22. The summed E-state index contributed by atoms with van der Waals surface area (Å²) in [5.74, 6) is 0.248. The van der Waals surface area contributed by atoms with Crippen molar-refractivity contribution in [2.75, 3.05) is 5.32 Å². The summed E-state index contributed by atoms with van der Waals surface area (Å²) < 4.78 is 13.7. The molecule has 0 bridgehead atoms. The zero-order valence-corrected chi connectivity index (χ0v) is 10.4. The van der Waals surface area contributed by atoms with E-state index in [2.05, 4.69) is 25.3 Å². The Labute approximate surface area is 114 Å². The van der Waals surface area contributed by atoms with Gasteiger partial charge in [0.1, 0.15) is 17.8 Å².